The van der Waals surface area contributed by atoms with Crippen LogP contribution in [-0.4, -0.2) is 191 Å². The van der Waals surface area contributed by atoms with Crippen LogP contribution in [0.25, 0.3) is 0 Å². The molecule has 2 N–H and O–H groups in total. The third-order valence-electron chi connectivity index (χ3n) is 15.2. The maximum atomic E-state index is 13.7. The largest absolute Gasteiger partial charge is 0.497 e. The van der Waals surface area contributed by atoms with Crippen LogP contribution in [0.15, 0.2) is 109 Å². The lowest BCUT2D eigenvalue weighted by atomic mass is 10.1. The van der Waals surface area contributed by atoms with Crippen LogP contribution in [0, 0.1) is 42.4 Å². The summed E-state index contributed by atoms with van der Waals surface area (Å²) in [7, 11) is -5.62. The molecule has 2 amide bonds. The smallest absolute Gasteiger partial charge is 0.410 e. The van der Waals surface area contributed by atoms with Gasteiger partial charge in [-0.2, -0.15) is 0 Å². The highest BCUT2D eigenvalue weighted by Gasteiger charge is 2.28. The number of aromatic nitrogens is 3. The predicted octanol–water partition coefficient (Wildman–Crippen LogP) is 11.0. The van der Waals surface area contributed by atoms with Gasteiger partial charge in [0.15, 0.2) is 0 Å². The SMILES string of the molecule is CC(C)(C)OC(=O)N1CCNCCNCC1.CCOP(C)(=O)c1cc(C#Cc2ccc(C)cc2)cc(CN2CCN(Cc3cc(C#Cc4ccc(OC)cc4)cc(P(C)(C)=O)n3)CCN(C(=O)OC(C)(C)C)CC2)n1.CCOP(C)(=O)c1cc(C#Cc2ccc(OC)cc2)cc(CC)n1. The molecule has 2 aliphatic heterocycles. The van der Waals surface area contributed by atoms with Crippen LogP contribution in [0.1, 0.15) is 118 Å². The van der Waals surface area contributed by atoms with E-state index in [2.05, 4.69) is 60.9 Å². The summed E-state index contributed by atoms with van der Waals surface area (Å²) >= 11 is 0. The van der Waals surface area contributed by atoms with Gasteiger partial charge in [-0.3, -0.25) is 18.9 Å². The number of nitrogens with zero attached hydrogens (tertiary/aromatic N) is 7. The second-order valence-electron chi connectivity index (χ2n) is 26.4. The van der Waals surface area contributed by atoms with E-state index in [0.29, 0.717) is 99.6 Å². The van der Waals surface area contributed by atoms with E-state index in [1.165, 1.54) is 0 Å². The molecule has 3 aromatic heterocycles. The lowest BCUT2D eigenvalue weighted by Gasteiger charge is -2.29. The number of pyridine rings is 3. The molecule has 2 aliphatic rings. The highest BCUT2D eigenvalue weighted by Crippen LogP contribution is 2.41. The first-order chi connectivity index (χ1) is 46.9. The first-order valence-corrected chi connectivity index (χ1v) is 40.4. The van der Waals surface area contributed by atoms with Gasteiger partial charge >= 0.3 is 12.2 Å². The van der Waals surface area contributed by atoms with E-state index in [1.807, 2.05) is 166 Å². The molecule has 5 heterocycles. The molecular formula is C76H102N9O11P3. The fourth-order valence-electron chi connectivity index (χ4n) is 9.91. The molecule has 2 unspecified atom stereocenters. The highest BCUT2D eigenvalue weighted by atomic mass is 31.2. The zero-order valence-corrected chi connectivity index (χ0v) is 63.6. The Balaban J connectivity index is 0.000000312. The molecule has 99 heavy (non-hydrogen) atoms. The Kier molecular flexibility index (Phi) is 31.1. The Morgan fingerprint density at radius 3 is 1.15 bits per heavy atom. The number of carbonyl (C=O) groups is 2. The standard InChI is InChI=1S/C46H57N5O6P2.C19H22NO3P.C11H23N3O2/c1-10-56-59(9,54)44-32-39(18-15-36-13-11-35(2)12-14-36)30-41(48-44)34-50-24-23-49(25-27-51(28-26-50)45(52)57-46(3,4)5)33-40-29-38(31-43(47-40)58(7,8)53)17-16-37-19-21-42(55-6)22-20-37;1-5-17-13-16(14-19(20-17)24(4,21)23-6-2)8-7-15-9-11-18(22-3)12-10-15;1-11(2,3)16-10(15)14-8-6-12-4-5-13-7-9-14/h11-14,19-22,29-32H,10,23-28,33-34H2,1-9H3;9-14H,5-6H2,1-4H3;12-13H,4-9H2,1-3H3. The van der Waals surface area contributed by atoms with E-state index >= 15 is 0 Å². The number of nitrogens with one attached hydrogen (secondary N) is 2. The van der Waals surface area contributed by atoms with Crippen molar-refractivity contribution in [2.75, 3.05) is 133 Å². The van der Waals surface area contributed by atoms with E-state index in [4.69, 9.17) is 38.0 Å². The van der Waals surface area contributed by atoms with Crippen LogP contribution in [0.4, 0.5) is 9.59 Å². The molecule has 0 spiro atoms. The first-order valence-electron chi connectivity index (χ1n) is 33.6. The van der Waals surface area contributed by atoms with Gasteiger partial charge in [-0.05, 0) is 179 Å². The zero-order chi connectivity index (χ0) is 72.4. The molecular weight excluding hydrogens is 1310 g/mol. The minimum absolute atomic E-state index is 0.224. The fourth-order valence-corrected chi connectivity index (χ4v) is 13.3. The Labute approximate surface area is 588 Å². The Bertz CT molecular complexity index is 3980. The maximum absolute atomic E-state index is 13.7. The Morgan fingerprint density at radius 2 is 0.788 bits per heavy atom. The minimum atomic E-state index is -3.23. The molecule has 0 saturated carbocycles. The summed E-state index contributed by atoms with van der Waals surface area (Å²) in [6.07, 6.45) is 0.140. The van der Waals surface area contributed by atoms with Crippen LogP contribution in [-0.2, 0) is 51.7 Å². The maximum Gasteiger partial charge on any atom is 0.410 e. The van der Waals surface area contributed by atoms with Crippen LogP contribution >= 0.6 is 21.9 Å². The number of ether oxygens (including phenoxy) is 4. The van der Waals surface area contributed by atoms with Gasteiger partial charge in [-0.15, -0.1) is 0 Å². The molecule has 20 nitrogen and oxygen atoms in total. The zero-order valence-electron chi connectivity index (χ0n) is 60.9. The van der Waals surface area contributed by atoms with Crippen LogP contribution < -0.4 is 36.4 Å². The lowest BCUT2D eigenvalue weighted by molar-refractivity contribution is 0.0226. The summed E-state index contributed by atoms with van der Waals surface area (Å²) in [5.74, 6) is 20.7. The summed E-state index contributed by atoms with van der Waals surface area (Å²) in [6, 6.07) is 34.2. The molecule has 2 saturated heterocycles. The van der Waals surface area contributed by atoms with Crippen molar-refractivity contribution in [3.8, 4) is 47.0 Å². The van der Waals surface area contributed by atoms with Crippen molar-refractivity contribution in [2.45, 2.75) is 99.9 Å². The monoisotopic (exact) mass is 1410 g/mol. The number of hydrogen-bond acceptors (Lipinski definition) is 18. The van der Waals surface area contributed by atoms with Crippen LogP contribution in [0.3, 0.4) is 0 Å². The summed E-state index contributed by atoms with van der Waals surface area (Å²) in [4.78, 5) is 47.6. The number of carbonyl (C=O) groups excluding carboxylic acids is 2. The predicted molar refractivity (Wildman–Crippen MR) is 398 cm³/mol. The molecule has 8 rings (SSSR count). The van der Waals surface area contributed by atoms with Crippen LogP contribution in [0.5, 0.6) is 11.5 Å². The first kappa shape index (κ1) is 80.4. The van der Waals surface area contributed by atoms with E-state index in [1.54, 1.807) is 62.8 Å². The number of amides is 2. The van der Waals surface area contributed by atoms with Crippen molar-refractivity contribution in [2.24, 2.45) is 0 Å². The van der Waals surface area contributed by atoms with Crippen molar-refractivity contribution in [1.82, 2.24) is 45.2 Å². The van der Waals surface area contributed by atoms with Crippen LogP contribution in [0.2, 0.25) is 0 Å². The van der Waals surface area contributed by atoms with Gasteiger partial charge in [-0.25, -0.2) is 24.5 Å². The van der Waals surface area contributed by atoms with E-state index < -0.39 is 33.1 Å². The highest BCUT2D eigenvalue weighted by molar-refractivity contribution is 7.69. The molecule has 2 atom stereocenters. The molecule has 23 heteroatoms. The molecule has 6 aromatic rings. The van der Waals surface area contributed by atoms with Gasteiger partial charge < -0.3 is 53.0 Å². The number of methoxy groups -OCH3 is 2. The molecule has 0 radical (unpaired) electrons. The normalized spacial score (nSPS) is 15.4. The number of aryl methyl sites for hydroxylation is 2. The number of hydrogen-bond donors (Lipinski definition) is 2. The third-order valence-corrected chi connectivity index (χ3v) is 20.1. The van der Waals surface area contributed by atoms with Gasteiger partial charge in [0.1, 0.15) is 46.1 Å². The van der Waals surface area contributed by atoms with Gasteiger partial charge in [0.05, 0.1) is 38.8 Å². The van der Waals surface area contributed by atoms with Gasteiger partial charge in [0.25, 0.3) is 0 Å². The van der Waals surface area contributed by atoms with Crippen molar-refractivity contribution < 1.29 is 51.3 Å². The third kappa shape index (κ3) is 28.5. The second-order valence-corrected chi connectivity index (χ2v) is 34.4. The van der Waals surface area contributed by atoms with E-state index in [0.717, 1.165) is 88.9 Å². The molecule has 2 fully saturated rings. The summed E-state index contributed by atoms with van der Waals surface area (Å²) in [5.41, 5.74) is 8.50. The average molecular weight is 1410 g/mol. The number of rotatable bonds is 14. The lowest BCUT2D eigenvalue weighted by Crippen LogP contribution is -2.42. The molecule has 532 valence electrons. The quantitative estimate of drug-likeness (QED) is 0.0765. The summed E-state index contributed by atoms with van der Waals surface area (Å²) in [6.45, 7) is 35.3. The van der Waals surface area contributed by atoms with Crippen molar-refractivity contribution in [3.63, 3.8) is 0 Å². The van der Waals surface area contributed by atoms with Gasteiger partial charge in [-0.1, -0.05) is 60.1 Å². The number of benzene rings is 3. The van der Waals surface area contributed by atoms with Crippen molar-refractivity contribution >= 4 is 50.4 Å². The van der Waals surface area contributed by atoms with Gasteiger partial charge in [0.2, 0.25) is 14.7 Å². The fraction of sp³-hybridized carbons (Fsp3) is 0.461. The summed E-state index contributed by atoms with van der Waals surface area (Å²) in [5, 5.41) is 6.53. The Morgan fingerprint density at radius 1 is 0.455 bits per heavy atom. The molecule has 0 aliphatic carbocycles. The average Bonchev–Trinajstić information content (AvgIpc) is 1.05. The molecule has 3 aromatic carbocycles. The summed E-state index contributed by atoms with van der Waals surface area (Å²) < 4.78 is 72.4. The van der Waals surface area contributed by atoms with E-state index in [-0.39, 0.29) is 18.8 Å². The van der Waals surface area contributed by atoms with Crippen molar-refractivity contribution in [3.05, 3.63) is 165 Å². The van der Waals surface area contributed by atoms with Gasteiger partial charge in [0, 0.05) is 144 Å². The topological polar surface area (TPSA) is 216 Å². The molecule has 0 bridgehead atoms. The van der Waals surface area contributed by atoms with E-state index in [9.17, 15) is 23.3 Å². The second kappa shape index (κ2) is 38.3. The van der Waals surface area contributed by atoms with Crippen molar-refractivity contribution in [1.29, 1.82) is 0 Å². The Hall–Kier alpha value is -7.62. The minimum Gasteiger partial charge on any atom is -0.497 e.